The number of fused-ring (bicyclic) bond motifs is 1. The maximum Gasteiger partial charge on any atom is 0.325 e. The van der Waals surface area contributed by atoms with Crippen LogP contribution in [0.25, 0.3) is 22.4 Å². The number of esters is 1. The molecule has 0 bridgehead atoms. The van der Waals surface area contributed by atoms with Gasteiger partial charge in [0.25, 0.3) is 0 Å². The number of hydrogen-bond acceptors (Lipinski definition) is 4. The summed E-state index contributed by atoms with van der Waals surface area (Å²) in [4.78, 5) is 16.4. The first-order chi connectivity index (χ1) is 10.6. The average molecular weight is 295 g/mol. The number of imidazole rings is 1. The smallest absolute Gasteiger partial charge is 0.325 e. The molecule has 0 spiro atoms. The number of ether oxygens (including phenoxy) is 1. The molecular formula is C17H17N3O2. The fraction of sp³-hybridized carbons (Fsp3) is 0.176. The van der Waals surface area contributed by atoms with E-state index in [4.69, 9.17) is 10.5 Å². The number of carbonyl (C=O) groups is 1. The summed E-state index contributed by atoms with van der Waals surface area (Å²) >= 11 is 0. The van der Waals surface area contributed by atoms with Gasteiger partial charge in [-0.15, -0.1) is 0 Å². The van der Waals surface area contributed by atoms with E-state index in [1.165, 1.54) is 12.7 Å². The van der Waals surface area contributed by atoms with E-state index in [1.807, 2.05) is 47.9 Å². The average Bonchev–Trinajstić information content (AvgIpc) is 2.88. The highest BCUT2D eigenvalue weighted by Crippen LogP contribution is 2.28. The van der Waals surface area contributed by atoms with Crippen LogP contribution in [0.15, 0.2) is 42.5 Å². The van der Waals surface area contributed by atoms with Gasteiger partial charge >= 0.3 is 5.97 Å². The molecule has 0 aliphatic rings. The highest BCUT2D eigenvalue weighted by molar-refractivity contribution is 5.91. The van der Waals surface area contributed by atoms with Crippen molar-refractivity contribution < 1.29 is 9.53 Å². The Hall–Kier alpha value is -2.82. The second kappa shape index (κ2) is 5.52. The van der Waals surface area contributed by atoms with Crippen molar-refractivity contribution >= 4 is 22.7 Å². The summed E-state index contributed by atoms with van der Waals surface area (Å²) in [5, 5.41) is 0. The molecule has 2 N–H and O–H groups in total. The van der Waals surface area contributed by atoms with E-state index in [-0.39, 0.29) is 12.5 Å². The minimum atomic E-state index is -0.324. The molecule has 1 heterocycles. The van der Waals surface area contributed by atoms with Gasteiger partial charge in [0.05, 0.1) is 18.3 Å². The minimum Gasteiger partial charge on any atom is -0.468 e. The SMILES string of the molecule is COC(=O)Cn1c(-c2ccc(C)cc2)nc2c(N)cccc21. The summed E-state index contributed by atoms with van der Waals surface area (Å²) in [5.74, 6) is 0.383. The van der Waals surface area contributed by atoms with Crippen molar-refractivity contribution in [3.8, 4) is 11.4 Å². The number of aromatic nitrogens is 2. The van der Waals surface area contributed by atoms with Gasteiger partial charge in [-0.2, -0.15) is 0 Å². The number of rotatable bonds is 3. The molecular weight excluding hydrogens is 278 g/mol. The minimum absolute atomic E-state index is 0.0969. The lowest BCUT2D eigenvalue weighted by Crippen LogP contribution is -2.12. The third-order valence-corrected chi connectivity index (χ3v) is 3.63. The van der Waals surface area contributed by atoms with E-state index in [9.17, 15) is 4.79 Å². The van der Waals surface area contributed by atoms with Crippen LogP contribution < -0.4 is 5.73 Å². The van der Waals surface area contributed by atoms with Crippen LogP contribution in [0, 0.1) is 6.92 Å². The van der Waals surface area contributed by atoms with Gasteiger partial charge in [-0.05, 0) is 19.1 Å². The Morgan fingerprint density at radius 3 is 2.64 bits per heavy atom. The van der Waals surface area contributed by atoms with Gasteiger partial charge < -0.3 is 15.0 Å². The Labute approximate surface area is 128 Å². The van der Waals surface area contributed by atoms with Crippen molar-refractivity contribution in [2.45, 2.75) is 13.5 Å². The largest absolute Gasteiger partial charge is 0.468 e. The molecule has 0 saturated carbocycles. The topological polar surface area (TPSA) is 70.1 Å². The number of aryl methyl sites for hydroxylation is 1. The zero-order valence-corrected chi connectivity index (χ0v) is 12.5. The number of nitrogens with two attached hydrogens (primary N) is 1. The lowest BCUT2D eigenvalue weighted by Gasteiger charge is -2.08. The number of para-hydroxylation sites is 1. The number of nitrogens with zero attached hydrogens (tertiary/aromatic N) is 2. The monoisotopic (exact) mass is 295 g/mol. The number of benzene rings is 2. The van der Waals surface area contributed by atoms with E-state index in [2.05, 4.69) is 4.98 Å². The fourth-order valence-corrected chi connectivity index (χ4v) is 2.45. The van der Waals surface area contributed by atoms with Crippen LogP contribution in [0.2, 0.25) is 0 Å². The van der Waals surface area contributed by atoms with E-state index in [1.54, 1.807) is 6.07 Å². The van der Waals surface area contributed by atoms with Gasteiger partial charge in [-0.25, -0.2) is 4.98 Å². The number of hydrogen-bond donors (Lipinski definition) is 1. The normalized spacial score (nSPS) is 10.8. The van der Waals surface area contributed by atoms with E-state index >= 15 is 0 Å². The Morgan fingerprint density at radius 1 is 1.23 bits per heavy atom. The van der Waals surface area contributed by atoms with Crippen LogP contribution in [-0.4, -0.2) is 22.6 Å². The predicted octanol–water partition coefficient (Wildman–Crippen LogP) is 2.77. The summed E-state index contributed by atoms with van der Waals surface area (Å²) in [5.41, 5.74) is 10.2. The molecule has 0 radical (unpaired) electrons. The molecule has 112 valence electrons. The highest BCUT2D eigenvalue weighted by Gasteiger charge is 2.16. The summed E-state index contributed by atoms with van der Waals surface area (Å²) in [6.07, 6.45) is 0. The number of methoxy groups -OCH3 is 1. The predicted molar refractivity (Wildman–Crippen MR) is 86.3 cm³/mol. The third-order valence-electron chi connectivity index (χ3n) is 3.63. The van der Waals surface area contributed by atoms with Gasteiger partial charge in [0.15, 0.2) is 0 Å². The Morgan fingerprint density at radius 2 is 1.95 bits per heavy atom. The molecule has 5 heteroatoms. The standard InChI is InChI=1S/C17H17N3O2/c1-11-6-8-12(9-7-11)17-19-16-13(18)4-3-5-14(16)20(17)10-15(21)22-2/h3-9H,10,18H2,1-2H3. The number of nitrogen functional groups attached to an aromatic ring is 1. The van der Waals surface area contributed by atoms with Crippen LogP contribution in [0.3, 0.4) is 0 Å². The zero-order valence-electron chi connectivity index (χ0n) is 12.5. The maximum atomic E-state index is 11.7. The van der Waals surface area contributed by atoms with Crippen LogP contribution in [0.5, 0.6) is 0 Å². The van der Waals surface area contributed by atoms with Crippen molar-refractivity contribution in [3.05, 3.63) is 48.0 Å². The van der Waals surface area contributed by atoms with Gasteiger partial charge in [0.1, 0.15) is 17.9 Å². The van der Waals surface area contributed by atoms with Gasteiger partial charge in [0.2, 0.25) is 0 Å². The van der Waals surface area contributed by atoms with Gasteiger partial charge in [-0.1, -0.05) is 35.9 Å². The Balaban J connectivity index is 2.23. The molecule has 3 aromatic rings. The molecule has 0 saturated heterocycles. The van der Waals surface area contributed by atoms with Gasteiger partial charge in [0, 0.05) is 5.56 Å². The zero-order chi connectivity index (χ0) is 15.7. The van der Waals surface area contributed by atoms with Crippen LogP contribution in [-0.2, 0) is 16.1 Å². The third kappa shape index (κ3) is 2.41. The molecule has 0 amide bonds. The Kier molecular flexibility index (Phi) is 3.55. The van der Waals surface area contributed by atoms with Crippen LogP contribution in [0.1, 0.15) is 5.56 Å². The molecule has 1 aromatic heterocycles. The number of anilines is 1. The van der Waals surface area contributed by atoms with Crippen molar-refractivity contribution in [2.75, 3.05) is 12.8 Å². The first kappa shape index (κ1) is 14.1. The highest BCUT2D eigenvalue weighted by atomic mass is 16.5. The van der Waals surface area contributed by atoms with Crippen LogP contribution >= 0.6 is 0 Å². The lowest BCUT2D eigenvalue weighted by molar-refractivity contribution is -0.141. The summed E-state index contributed by atoms with van der Waals surface area (Å²) < 4.78 is 6.63. The summed E-state index contributed by atoms with van der Waals surface area (Å²) in [6, 6.07) is 13.6. The van der Waals surface area contributed by atoms with E-state index < -0.39 is 0 Å². The van der Waals surface area contributed by atoms with Crippen molar-refractivity contribution in [3.63, 3.8) is 0 Å². The first-order valence-corrected chi connectivity index (χ1v) is 6.98. The van der Waals surface area contributed by atoms with Crippen molar-refractivity contribution in [1.82, 2.24) is 9.55 Å². The quantitative estimate of drug-likeness (QED) is 0.596. The van der Waals surface area contributed by atoms with Crippen LogP contribution in [0.4, 0.5) is 5.69 Å². The van der Waals surface area contributed by atoms with E-state index in [0.717, 1.165) is 11.1 Å². The summed E-state index contributed by atoms with van der Waals surface area (Å²) in [7, 11) is 1.38. The lowest BCUT2D eigenvalue weighted by atomic mass is 10.1. The molecule has 0 aliphatic carbocycles. The molecule has 5 nitrogen and oxygen atoms in total. The Bertz CT molecular complexity index is 835. The molecule has 0 unspecified atom stereocenters. The number of carbonyl (C=O) groups excluding carboxylic acids is 1. The van der Waals surface area contributed by atoms with E-state index in [0.29, 0.717) is 17.0 Å². The molecule has 0 aliphatic heterocycles. The molecule has 3 rings (SSSR count). The maximum absolute atomic E-state index is 11.7. The van der Waals surface area contributed by atoms with Gasteiger partial charge in [-0.3, -0.25) is 4.79 Å². The first-order valence-electron chi connectivity index (χ1n) is 6.98. The molecule has 2 aromatic carbocycles. The summed E-state index contributed by atoms with van der Waals surface area (Å²) in [6.45, 7) is 2.12. The molecule has 0 atom stereocenters. The van der Waals surface area contributed by atoms with Crippen molar-refractivity contribution in [1.29, 1.82) is 0 Å². The second-order valence-corrected chi connectivity index (χ2v) is 5.18. The fourth-order valence-electron chi connectivity index (χ4n) is 2.45. The second-order valence-electron chi connectivity index (χ2n) is 5.18. The van der Waals surface area contributed by atoms with Crippen molar-refractivity contribution in [2.24, 2.45) is 0 Å². The molecule has 22 heavy (non-hydrogen) atoms. The molecule has 0 fully saturated rings.